The van der Waals surface area contributed by atoms with E-state index in [9.17, 15) is 4.79 Å². The Hall–Kier alpha value is -1.36. The second-order valence-electron chi connectivity index (χ2n) is 5.72. The molecule has 1 aliphatic carbocycles. The Morgan fingerprint density at radius 1 is 1.45 bits per heavy atom. The molecule has 0 radical (unpaired) electrons. The Kier molecular flexibility index (Phi) is 5.59. The van der Waals surface area contributed by atoms with Gasteiger partial charge < -0.3 is 10.4 Å². The Balaban J connectivity index is 1.85. The molecule has 0 saturated heterocycles. The van der Waals surface area contributed by atoms with Gasteiger partial charge in [-0.3, -0.25) is 9.48 Å². The third-order valence-electron chi connectivity index (χ3n) is 3.99. The molecule has 1 fully saturated rings. The van der Waals surface area contributed by atoms with Gasteiger partial charge in [0, 0.05) is 37.7 Å². The molecule has 0 atom stereocenters. The van der Waals surface area contributed by atoms with Crippen LogP contribution in [-0.4, -0.2) is 27.4 Å². The lowest BCUT2D eigenvalue weighted by atomic mass is 9.85. The van der Waals surface area contributed by atoms with E-state index >= 15 is 0 Å². The molecule has 1 saturated carbocycles. The van der Waals surface area contributed by atoms with E-state index in [1.807, 2.05) is 11.7 Å². The predicted octanol–water partition coefficient (Wildman–Crippen LogP) is 2.42. The number of aliphatic carboxylic acids is 1. The minimum absolute atomic E-state index is 0.232. The van der Waals surface area contributed by atoms with Gasteiger partial charge in [-0.1, -0.05) is 19.3 Å². The lowest BCUT2D eigenvalue weighted by Gasteiger charge is -2.21. The predicted molar refractivity (Wildman–Crippen MR) is 77.6 cm³/mol. The maximum Gasteiger partial charge on any atom is 0.303 e. The summed E-state index contributed by atoms with van der Waals surface area (Å²) >= 11 is 0. The van der Waals surface area contributed by atoms with Gasteiger partial charge in [0.05, 0.1) is 5.69 Å². The molecule has 1 aromatic rings. The molecule has 2 rings (SSSR count). The van der Waals surface area contributed by atoms with E-state index in [0.29, 0.717) is 12.3 Å². The molecule has 2 N–H and O–H groups in total. The van der Waals surface area contributed by atoms with E-state index in [2.05, 4.69) is 16.6 Å². The van der Waals surface area contributed by atoms with Crippen molar-refractivity contribution < 1.29 is 9.90 Å². The van der Waals surface area contributed by atoms with Gasteiger partial charge in [-0.25, -0.2) is 0 Å². The normalized spacial score (nSPS) is 16.4. The smallest absolute Gasteiger partial charge is 0.303 e. The number of rotatable bonds is 7. The lowest BCUT2D eigenvalue weighted by Crippen LogP contribution is -2.17. The highest BCUT2D eigenvalue weighted by atomic mass is 16.4. The van der Waals surface area contributed by atoms with Crippen molar-refractivity contribution in [3.05, 3.63) is 17.5 Å². The van der Waals surface area contributed by atoms with Crippen LogP contribution in [-0.2, 0) is 18.4 Å². The van der Waals surface area contributed by atoms with Crippen LogP contribution in [0.3, 0.4) is 0 Å². The monoisotopic (exact) mass is 279 g/mol. The highest BCUT2D eigenvalue weighted by Gasteiger charge is 2.21. The van der Waals surface area contributed by atoms with Crippen LogP contribution >= 0.6 is 0 Å². The van der Waals surface area contributed by atoms with Crippen molar-refractivity contribution in [1.29, 1.82) is 0 Å². The fourth-order valence-corrected chi connectivity index (χ4v) is 3.00. The van der Waals surface area contributed by atoms with Crippen molar-refractivity contribution in [2.75, 3.05) is 6.54 Å². The summed E-state index contributed by atoms with van der Waals surface area (Å²) in [7, 11) is 1.97. The summed E-state index contributed by atoms with van der Waals surface area (Å²) in [5.74, 6) is -0.114. The molecular weight excluding hydrogens is 254 g/mol. The first-order valence-corrected chi connectivity index (χ1v) is 7.61. The van der Waals surface area contributed by atoms with Gasteiger partial charge in [0.15, 0.2) is 0 Å². The average Bonchev–Trinajstić information content (AvgIpc) is 2.80. The van der Waals surface area contributed by atoms with E-state index in [-0.39, 0.29) is 6.42 Å². The third-order valence-corrected chi connectivity index (χ3v) is 3.99. The van der Waals surface area contributed by atoms with Gasteiger partial charge in [0.2, 0.25) is 0 Å². The number of carbonyl (C=O) groups is 1. The van der Waals surface area contributed by atoms with Crippen LogP contribution in [0.1, 0.15) is 62.1 Å². The highest BCUT2D eigenvalue weighted by molar-refractivity contribution is 5.66. The van der Waals surface area contributed by atoms with Crippen LogP contribution < -0.4 is 5.32 Å². The molecule has 0 unspecified atom stereocenters. The average molecular weight is 279 g/mol. The molecule has 0 amide bonds. The number of nitrogens with one attached hydrogen (secondary N) is 1. The summed E-state index contributed by atoms with van der Waals surface area (Å²) in [6, 6.07) is 0. The number of hydrogen-bond donors (Lipinski definition) is 2. The summed E-state index contributed by atoms with van der Waals surface area (Å²) in [5, 5.41) is 16.6. The Morgan fingerprint density at radius 2 is 2.20 bits per heavy atom. The summed E-state index contributed by atoms with van der Waals surface area (Å²) in [4.78, 5) is 10.5. The van der Waals surface area contributed by atoms with Gasteiger partial charge >= 0.3 is 5.97 Å². The maximum absolute atomic E-state index is 10.5. The molecule has 1 heterocycles. The fourth-order valence-electron chi connectivity index (χ4n) is 3.00. The summed E-state index contributed by atoms with van der Waals surface area (Å²) in [6.07, 6.45) is 9.48. The molecule has 0 bridgehead atoms. The molecular formula is C15H25N3O2. The molecule has 0 aliphatic heterocycles. The first-order valence-electron chi connectivity index (χ1n) is 7.61. The number of aryl methyl sites for hydroxylation is 1. The minimum atomic E-state index is -0.726. The Morgan fingerprint density at radius 3 is 2.90 bits per heavy atom. The highest BCUT2D eigenvalue weighted by Crippen LogP contribution is 2.33. The van der Waals surface area contributed by atoms with Crippen molar-refractivity contribution in [2.24, 2.45) is 7.05 Å². The number of hydrogen-bond acceptors (Lipinski definition) is 3. The van der Waals surface area contributed by atoms with Gasteiger partial charge in [-0.15, -0.1) is 0 Å². The van der Waals surface area contributed by atoms with Crippen LogP contribution in [0.4, 0.5) is 0 Å². The molecule has 0 spiro atoms. The van der Waals surface area contributed by atoms with Crippen LogP contribution in [0.5, 0.6) is 0 Å². The number of aromatic nitrogens is 2. The fraction of sp³-hybridized carbons (Fsp3) is 0.733. The largest absolute Gasteiger partial charge is 0.481 e. The summed E-state index contributed by atoms with van der Waals surface area (Å²) < 4.78 is 1.90. The molecule has 1 aliphatic rings. The lowest BCUT2D eigenvalue weighted by molar-refractivity contribution is -0.137. The van der Waals surface area contributed by atoms with E-state index in [1.54, 1.807) is 0 Å². The minimum Gasteiger partial charge on any atom is -0.481 e. The number of carboxylic acids is 1. The van der Waals surface area contributed by atoms with Crippen molar-refractivity contribution in [1.82, 2.24) is 15.1 Å². The van der Waals surface area contributed by atoms with Gasteiger partial charge in [-0.05, 0) is 25.8 Å². The molecule has 112 valence electrons. The number of nitrogens with zero attached hydrogens (tertiary/aromatic N) is 2. The Labute approximate surface area is 120 Å². The number of carboxylic acid groups (broad SMARTS) is 1. The molecule has 20 heavy (non-hydrogen) atoms. The first kappa shape index (κ1) is 15.0. The maximum atomic E-state index is 10.5. The zero-order valence-corrected chi connectivity index (χ0v) is 12.3. The van der Waals surface area contributed by atoms with Crippen LogP contribution in [0.15, 0.2) is 6.20 Å². The molecule has 5 heteroatoms. The van der Waals surface area contributed by atoms with Crippen molar-refractivity contribution >= 4 is 5.97 Å². The first-order chi connectivity index (χ1) is 9.66. The topological polar surface area (TPSA) is 67.2 Å². The van der Waals surface area contributed by atoms with Crippen LogP contribution in [0.25, 0.3) is 0 Å². The van der Waals surface area contributed by atoms with Crippen LogP contribution in [0, 0.1) is 0 Å². The van der Waals surface area contributed by atoms with Gasteiger partial charge in [-0.2, -0.15) is 5.10 Å². The SMILES string of the molecule is Cn1cc(CNCCCC(=O)O)c(C2CCCCC2)n1. The van der Waals surface area contributed by atoms with Gasteiger partial charge in [0.25, 0.3) is 0 Å². The zero-order chi connectivity index (χ0) is 14.4. The van der Waals surface area contributed by atoms with E-state index in [0.717, 1.165) is 13.1 Å². The van der Waals surface area contributed by atoms with E-state index in [1.165, 1.54) is 43.4 Å². The van der Waals surface area contributed by atoms with Gasteiger partial charge in [0.1, 0.15) is 0 Å². The van der Waals surface area contributed by atoms with E-state index < -0.39 is 5.97 Å². The quantitative estimate of drug-likeness (QED) is 0.752. The standard InChI is InChI=1S/C15H25N3O2/c1-18-11-13(10-16-9-5-8-14(19)20)15(17-18)12-6-3-2-4-7-12/h11-12,16H,2-10H2,1H3,(H,19,20). The zero-order valence-electron chi connectivity index (χ0n) is 12.3. The summed E-state index contributed by atoms with van der Waals surface area (Å²) in [6.45, 7) is 1.53. The second kappa shape index (κ2) is 7.43. The van der Waals surface area contributed by atoms with Crippen molar-refractivity contribution in [2.45, 2.75) is 57.4 Å². The molecule has 1 aromatic heterocycles. The van der Waals surface area contributed by atoms with E-state index in [4.69, 9.17) is 5.11 Å². The second-order valence-corrected chi connectivity index (χ2v) is 5.72. The molecule has 5 nitrogen and oxygen atoms in total. The van der Waals surface area contributed by atoms with Crippen molar-refractivity contribution in [3.8, 4) is 0 Å². The van der Waals surface area contributed by atoms with Crippen molar-refractivity contribution in [3.63, 3.8) is 0 Å². The molecule has 0 aromatic carbocycles. The summed E-state index contributed by atoms with van der Waals surface area (Å²) in [5.41, 5.74) is 2.52. The third kappa shape index (κ3) is 4.34. The Bertz CT molecular complexity index is 436. The van der Waals surface area contributed by atoms with Crippen LogP contribution in [0.2, 0.25) is 0 Å².